The molecule has 7 heteroatoms. The van der Waals surface area contributed by atoms with Crippen molar-refractivity contribution in [1.82, 2.24) is 0 Å². The number of nitro benzene ring substituents is 1. The van der Waals surface area contributed by atoms with E-state index in [2.05, 4.69) is 0 Å². The highest BCUT2D eigenvalue weighted by molar-refractivity contribution is 6.07. The monoisotopic (exact) mass is 277 g/mol. The van der Waals surface area contributed by atoms with Crippen LogP contribution in [0.1, 0.15) is 11.5 Å². The average Bonchev–Trinajstić information content (AvgIpc) is 3.02. The SMILES string of the molecule is COC(=O)[C@@]12C(=O)OC[C@@H]1[C@H]2c1ccc([N+](=O)[O-])cc1. The van der Waals surface area contributed by atoms with Gasteiger partial charge in [0.25, 0.3) is 5.69 Å². The van der Waals surface area contributed by atoms with Crippen molar-refractivity contribution in [3.8, 4) is 0 Å². The maximum atomic E-state index is 11.9. The summed E-state index contributed by atoms with van der Waals surface area (Å²) in [4.78, 5) is 33.9. The Hall–Kier alpha value is -2.44. The molecular weight excluding hydrogens is 266 g/mol. The molecule has 0 radical (unpaired) electrons. The van der Waals surface area contributed by atoms with Gasteiger partial charge in [-0.15, -0.1) is 0 Å². The Morgan fingerprint density at radius 2 is 2.10 bits per heavy atom. The fourth-order valence-electron chi connectivity index (χ4n) is 3.08. The number of carbonyl (C=O) groups is 2. The van der Waals surface area contributed by atoms with Gasteiger partial charge in [-0.3, -0.25) is 19.7 Å². The molecule has 2 fully saturated rings. The number of nitro groups is 1. The number of hydrogen-bond acceptors (Lipinski definition) is 6. The van der Waals surface area contributed by atoms with Gasteiger partial charge in [-0.25, -0.2) is 0 Å². The molecule has 1 saturated carbocycles. The molecule has 2 aliphatic rings. The second-order valence-corrected chi connectivity index (χ2v) is 4.89. The first-order chi connectivity index (χ1) is 9.53. The van der Waals surface area contributed by atoms with Crippen LogP contribution in [0.25, 0.3) is 0 Å². The van der Waals surface area contributed by atoms with E-state index in [1.807, 2.05) is 0 Å². The van der Waals surface area contributed by atoms with Gasteiger partial charge in [0, 0.05) is 24.0 Å². The van der Waals surface area contributed by atoms with Crippen LogP contribution in [0.2, 0.25) is 0 Å². The zero-order chi connectivity index (χ0) is 14.5. The van der Waals surface area contributed by atoms with Crippen molar-refractivity contribution in [2.75, 3.05) is 13.7 Å². The molecule has 1 aromatic rings. The highest BCUT2D eigenvalue weighted by Crippen LogP contribution is 2.69. The molecule has 0 N–H and O–H groups in total. The van der Waals surface area contributed by atoms with Crippen molar-refractivity contribution in [2.45, 2.75) is 5.92 Å². The van der Waals surface area contributed by atoms with E-state index < -0.39 is 22.3 Å². The Kier molecular flexibility index (Phi) is 2.53. The van der Waals surface area contributed by atoms with E-state index in [9.17, 15) is 19.7 Å². The number of nitrogens with zero attached hydrogens (tertiary/aromatic N) is 1. The largest absolute Gasteiger partial charge is 0.468 e. The Morgan fingerprint density at radius 3 is 2.65 bits per heavy atom. The van der Waals surface area contributed by atoms with Crippen LogP contribution in [0.3, 0.4) is 0 Å². The Labute approximate surface area is 113 Å². The number of esters is 2. The van der Waals surface area contributed by atoms with Crippen LogP contribution < -0.4 is 0 Å². The van der Waals surface area contributed by atoms with Crippen molar-refractivity contribution < 1.29 is 24.0 Å². The molecule has 20 heavy (non-hydrogen) atoms. The molecule has 0 bridgehead atoms. The third-order valence-corrected chi connectivity index (χ3v) is 4.09. The lowest BCUT2D eigenvalue weighted by Gasteiger charge is -2.11. The Bertz CT molecular complexity index is 610. The quantitative estimate of drug-likeness (QED) is 0.354. The minimum atomic E-state index is -1.26. The lowest BCUT2D eigenvalue weighted by atomic mass is 9.99. The molecular formula is C13H11NO6. The number of methoxy groups -OCH3 is 1. The molecule has 0 spiro atoms. The van der Waals surface area contributed by atoms with Gasteiger partial charge in [0.1, 0.15) is 0 Å². The summed E-state index contributed by atoms with van der Waals surface area (Å²) in [7, 11) is 1.23. The molecule has 0 amide bonds. The molecule has 1 saturated heterocycles. The number of benzene rings is 1. The molecule has 3 atom stereocenters. The summed E-state index contributed by atoms with van der Waals surface area (Å²) in [6, 6.07) is 5.86. The van der Waals surface area contributed by atoms with Gasteiger partial charge >= 0.3 is 11.9 Å². The first-order valence-corrected chi connectivity index (χ1v) is 6.03. The second-order valence-electron chi connectivity index (χ2n) is 4.89. The average molecular weight is 277 g/mol. The van der Waals surface area contributed by atoms with Gasteiger partial charge in [0.15, 0.2) is 5.41 Å². The molecule has 104 valence electrons. The van der Waals surface area contributed by atoms with E-state index in [-0.39, 0.29) is 24.1 Å². The fourth-order valence-corrected chi connectivity index (χ4v) is 3.08. The van der Waals surface area contributed by atoms with E-state index in [1.54, 1.807) is 12.1 Å². The fraction of sp³-hybridized carbons (Fsp3) is 0.385. The predicted molar refractivity (Wildman–Crippen MR) is 64.7 cm³/mol. The summed E-state index contributed by atoms with van der Waals surface area (Å²) in [6.45, 7) is 0.176. The molecule has 3 rings (SSSR count). The minimum absolute atomic E-state index is 0.0331. The normalized spacial score (nSPS) is 30.4. The van der Waals surface area contributed by atoms with Crippen molar-refractivity contribution >= 4 is 17.6 Å². The highest BCUT2D eigenvalue weighted by atomic mass is 16.6. The van der Waals surface area contributed by atoms with Crippen LogP contribution in [0.4, 0.5) is 5.69 Å². The number of fused-ring (bicyclic) bond motifs is 1. The zero-order valence-electron chi connectivity index (χ0n) is 10.6. The lowest BCUT2D eigenvalue weighted by Crippen LogP contribution is -2.28. The third-order valence-electron chi connectivity index (χ3n) is 4.09. The smallest absolute Gasteiger partial charge is 0.324 e. The summed E-state index contributed by atoms with van der Waals surface area (Å²) in [6.07, 6.45) is 0. The van der Waals surface area contributed by atoms with Crippen molar-refractivity contribution in [3.05, 3.63) is 39.9 Å². The Morgan fingerprint density at radius 1 is 1.45 bits per heavy atom. The highest BCUT2D eigenvalue weighted by Gasteiger charge is 2.80. The van der Waals surface area contributed by atoms with E-state index in [0.29, 0.717) is 5.56 Å². The van der Waals surface area contributed by atoms with E-state index in [0.717, 1.165) is 0 Å². The zero-order valence-corrected chi connectivity index (χ0v) is 10.6. The maximum absolute atomic E-state index is 11.9. The first kappa shape index (κ1) is 12.6. The van der Waals surface area contributed by atoms with E-state index in [4.69, 9.17) is 9.47 Å². The summed E-state index contributed by atoms with van der Waals surface area (Å²) >= 11 is 0. The summed E-state index contributed by atoms with van der Waals surface area (Å²) < 4.78 is 9.62. The van der Waals surface area contributed by atoms with Gasteiger partial charge < -0.3 is 9.47 Å². The van der Waals surface area contributed by atoms with Crippen LogP contribution in [-0.4, -0.2) is 30.6 Å². The van der Waals surface area contributed by atoms with Gasteiger partial charge in [-0.2, -0.15) is 0 Å². The van der Waals surface area contributed by atoms with Crippen molar-refractivity contribution in [3.63, 3.8) is 0 Å². The second kappa shape index (κ2) is 4.03. The molecule has 0 aromatic heterocycles. The Balaban J connectivity index is 1.94. The summed E-state index contributed by atoms with van der Waals surface area (Å²) in [5.41, 5.74) is -0.581. The van der Waals surface area contributed by atoms with Gasteiger partial charge in [-0.05, 0) is 5.56 Å². The van der Waals surface area contributed by atoms with Gasteiger partial charge in [0.2, 0.25) is 0 Å². The molecule has 7 nitrogen and oxygen atoms in total. The van der Waals surface area contributed by atoms with E-state index >= 15 is 0 Å². The summed E-state index contributed by atoms with van der Waals surface area (Å²) in [5, 5.41) is 10.6. The molecule has 1 heterocycles. The lowest BCUT2D eigenvalue weighted by molar-refractivity contribution is -0.384. The van der Waals surface area contributed by atoms with E-state index in [1.165, 1.54) is 19.2 Å². The topological polar surface area (TPSA) is 95.7 Å². The number of ether oxygens (including phenoxy) is 2. The predicted octanol–water partition coefficient (Wildman–Crippen LogP) is 1.02. The molecule has 0 unspecified atom stereocenters. The van der Waals surface area contributed by atoms with Crippen LogP contribution >= 0.6 is 0 Å². The number of rotatable bonds is 3. The number of cyclic esters (lactones) is 1. The van der Waals surface area contributed by atoms with Crippen molar-refractivity contribution in [2.24, 2.45) is 11.3 Å². The van der Waals surface area contributed by atoms with Crippen LogP contribution in [-0.2, 0) is 19.1 Å². The van der Waals surface area contributed by atoms with Crippen LogP contribution in [0.15, 0.2) is 24.3 Å². The molecule has 1 aromatic carbocycles. The van der Waals surface area contributed by atoms with Gasteiger partial charge in [0.05, 0.1) is 18.6 Å². The molecule has 1 aliphatic carbocycles. The third kappa shape index (κ3) is 1.40. The molecule has 1 aliphatic heterocycles. The summed E-state index contributed by atoms with van der Waals surface area (Å²) in [5.74, 6) is -1.74. The maximum Gasteiger partial charge on any atom is 0.324 e. The van der Waals surface area contributed by atoms with Crippen molar-refractivity contribution in [1.29, 1.82) is 0 Å². The number of non-ortho nitro benzene ring substituents is 1. The minimum Gasteiger partial charge on any atom is -0.468 e. The first-order valence-electron chi connectivity index (χ1n) is 6.03. The van der Waals surface area contributed by atoms with Crippen LogP contribution in [0, 0.1) is 21.4 Å². The van der Waals surface area contributed by atoms with Crippen LogP contribution in [0.5, 0.6) is 0 Å². The standard InChI is InChI=1S/C13H11NO6/c1-19-11(15)13-9(6-20-12(13)16)10(13)7-2-4-8(5-3-7)14(17)18/h2-5,9-10H,6H2,1H3/t9-,10-,13-/m1/s1. The number of carbonyl (C=O) groups excluding carboxylic acids is 2. The van der Waals surface area contributed by atoms with Gasteiger partial charge in [-0.1, -0.05) is 12.1 Å². The number of hydrogen-bond donors (Lipinski definition) is 0.